The van der Waals surface area contributed by atoms with Gasteiger partial charge in [-0.05, 0) is 25.0 Å². The number of hydrogen-bond donors (Lipinski definition) is 1. The monoisotopic (exact) mass is 272 g/mol. The molecule has 0 radical (unpaired) electrons. The van der Waals surface area contributed by atoms with Crippen LogP contribution >= 0.6 is 12.2 Å². The van der Waals surface area contributed by atoms with E-state index >= 15 is 0 Å². The number of nitrogens with zero attached hydrogens (tertiary/aromatic N) is 1. The fourth-order valence-electron chi connectivity index (χ4n) is 1.67. The number of rotatable bonds is 4. The van der Waals surface area contributed by atoms with E-state index in [1.54, 1.807) is 11.9 Å². The van der Waals surface area contributed by atoms with Crippen molar-refractivity contribution in [1.82, 2.24) is 0 Å². The summed E-state index contributed by atoms with van der Waals surface area (Å²) < 4.78 is 27.7. The van der Waals surface area contributed by atoms with Crippen molar-refractivity contribution in [3.63, 3.8) is 0 Å². The standard InChI is InChI=1S/C13H18F2N2S/c1-7(2)8(3)17(4)10-6-5-9(13(16)18)11(14)12(10)15/h5-8H,1-4H3,(H2,16,18). The van der Waals surface area contributed by atoms with Gasteiger partial charge in [-0.25, -0.2) is 8.78 Å². The first-order valence-corrected chi connectivity index (χ1v) is 6.18. The third kappa shape index (κ3) is 2.77. The molecule has 2 N–H and O–H groups in total. The van der Waals surface area contributed by atoms with Gasteiger partial charge in [-0.1, -0.05) is 26.1 Å². The molecule has 0 amide bonds. The molecular weight excluding hydrogens is 254 g/mol. The Labute approximate surface area is 112 Å². The van der Waals surface area contributed by atoms with Gasteiger partial charge in [0.15, 0.2) is 11.6 Å². The second kappa shape index (κ2) is 5.61. The van der Waals surface area contributed by atoms with E-state index in [-0.39, 0.29) is 22.3 Å². The first kappa shape index (κ1) is 14.8. The van der Waals surface area contributed by atoms with Crippen molar-refractivity contribution >= 4 is 22.9 Å². The molecule has 1 aromatic rings. The zero-order valence-corrected chi connectivity index (χ0v) is 11.8. The average molecular weight is 272 g/mol. The molecule has 100 valence electrons. The summed E-state index contributed by atoms with van der Waals surface area (Å²) in [6, 6.07) is 3.01. The Morgan fingerprint density at radius 2 is 1.78 bits per heavy atom. The van der Waals surface area contributed by atoms with Crippen LogP contribution in [0.25, 0.3) is 0 Å². The third-order valence-corrected chi connectivity index (χ3v) is 3.50. The number of anilines is 1. The summed E-state index contributed by atoms with van der Waals surface area (Å²) in [6.45, 7) is 6.01. The first-order chi connectivity index (χ1) is 8.27. The molecule has 0 saturated carbocycles. The minimum Gasteiger partial charge on any atom is -0.389 e. The van der Waals surface area contributed by atoms with Crippen LogP contribution in [0.1, 0.15) is 26.3 Å². The normalized spacial score (nSPS) is 12.6. The van der Waals surface area contributed by atoms with Gasteiger partial charge in [-0.15, -0.1) is 0 Å². The Balaban J connectivity index is 3.20. The van der Waals surface area contributed by atoms with Crippen LogP contribution in [-0.4, -0.2) is 18.1 Å². The largest absolute Gasteiger partial charge is 0.389 e. The van der Waals surface area contributed by atoms with Crippen LogP contribution in [0.4, 0.5) is 14.5 Å². The number of hydrogen-bond acceptors (Lipinski definition) is 2. The maximum atomic E-state index is 14.0. The molecule has 2 nitrogen and oxygen atoms in total. The summed E-state index contributed by atoms with van der Waals surface area (Å²) in [4.78, 5) is 1.57. The molecule has 0 spiro atoms. The predicted molar refractivity (Wildman–Crippen MR) is 74.9 cm³/mol. The van der Waals surface area contributed by atoms with Crippen LogP contribution in [0.5, 0.6) is 0 Å². The molecule has 0 aliphatic carbocycles. The first-order valence-electron chi connectivity index (χ1n) is 5.78. The highest BCUT2D eigenvalue weighted by molar-refractivity contribution is 7.80. The highest BCUT2D eigenvalue weighted by atomic mass is 32.1. The quantitative estimate of drug-likeness (QED) is 0.854. The highest BCUT2D eigenvalue weighted by Gasteiger charge is 2.21. The summed E-state index contributed by atoms with van der Waals surface area (Å²) in [5.74, 6) is -1.56. The fraction of sp³-hybridized carbons (Fsp3) is 0.462. The molecule has 1 rings (SSSR count). The van der Waals surface area contributed by atoms with Gasteiger partial charge in [0, 0.05) is 18.7 Å². The lowest BCUT2D eigenvalue weighted by molar-refractivity contribution is 0.477. The summed E-state index contributed by atoms with van der Waals surface area (Å²) in [5.41, 5.74) is 5.49. The maximum absolute atomic E-state index is 14.0. The number of thiocarbonyl (C=S) groups is 1. The molecule has 18 heavy (non-hydrogen) atoms. The van der Waals surface area contributed by atoms with E-state index in [1.165, 1.54) is 12.1 Å². The molecule has 0 fully saturated rings. The lowest BCUT2D eigenvalue weighted by atomic mass is 10.0. The smallest absolute Gasteiger partial charge is 0.182 e. The minimum absolute atomic E-state index is 0.0585. The van der Waals surface area contributed by atoms with Gasteiger partial charge < -0.3 is 10.6 Å². The van der Waals surface area contributed by atoms with E-state index in [1.807, 2.05) is 20.8 Å². The van der Waals surface area contributed by atoms with Gasteiger partial charge in [0.05, 0.1) is 5.69 Å². The van der Waals surface area contributed by atoms with E-state index in [4.69, 9.17) is 5.73 Å². The van der Waals surface area contributed by atoms with E-state index in [0.29, 0.717) is 5.92 Å². The van der Waals surface area contributed by atoms with E-state index < -0.39 is 11.6 Å². The molecule has 1 aromatic carbocycles. The third-order valence-electron chi connectivity index (χ3n) is 3.28. The van der Waals surface area contributed by atoms with Crippen molar-refractivity contribution in [2.75, 3.05) is 11.9 Å². The number of halogens is 2. The van der Waals surface area contributed by atoms with Gasteiger partial charge in [-0.3, -0.25) is 0 Å². The Bertz CT molecular complexity index is 461. The second-order valence-corrected chi connectivity index (χ2v) is 5.16. The van der Waals surface area contributed by atoms with Gasteiger partial charge >= 0.3 is 0 Å². The van der Waals surface area contributed by atoms with E-state index in [2.05, 4.69) is 12.2 Å². The molecule has 0 heterocycles. The molecule has 0 aliphatic rings. The zero-order chi connectivity index (χ0) is 14.0. The lowest BCUT2D eigenvalue weighted by Crippen LogP contribution is -2.34. The van der Waals surface area contributed by atoms with Crippen LogP contribution in [0.3, 0.4) is 0 Å². The molecule has 0 aromatic heterocycles. The van der Waals surface area contributed by atoms with Crippen molar-refractivity contribution in [2.24, 2.45) is 11.7 Å². The Kier molecular flexibility index (Phi) is 4.62. The van der Waals surface area contributed by atoms with Crippen LogP contribution in [0.15, 0.2) is 12.1 Å². The molecule has 1 unspecified atom stereocenters. The topological polar surface area (TPSA) is 29.3 Å². The van der Waals surface area contributed by atoms with Crippen LogP contribution in [-0.2, 0) is 0 Å². The predicted octanol–water partition coefficient (Wildman–Crippen LogP) is 3.08. The van der Waals surface area contributed by atoms with Gasteiger partial charge in [0.2, 0.25) is 0 Å². The van der Waals surface area contributed by atoms with E-state index in [0.717, 1.165) is 0 Å². The summed E-state index contributed by atoms with van der Waals surface area (Å²) in [6.07, 6.45) is 0. The van der Waals surface area contributed by atoms with Gasteiger partial charge in [0.1, 0.15) is 4.99 Å². The van der Waals surface area contributed by atoms with Gasteiger partial charge in [0.25, 0.3) is 0 Å². The highest BCUT2D eigenvalue weighted by Crippen LogP contribution is 2.26. The van der Waals surface area contributed by atoms with Crippen molar-refractivity contribution in [2.45, 2.75) is 26.8 Å². The molecule has 0 saturated heterocycles. The fourth-order valence-corrected chi connectivity index (χ4v) is 1.83. The van der Waals surface area contributed by atoms with Gasteiger partial charge in [-0.2, -0.15) is 0 Å². The molecule has 0 aliphatic heterocycles. The maximum Gasteiger partial charge on any atom is 0.182 e. The Morgan fingerprint density at radius 1 is 1.22 bits per heavy atom. The second-order valence-electron chi connectivity index (χ2n) is 4.72. The minimum atomic E-state index is -0.984. The van der Waals surface area contributed by atoms with E-state index in [9.17, 15) is 8.78 Å². The Morgan fingerprint density at radius 3 is 2.22 bits per heavy atom. The Hall–Kier alpha value is -1.23. The van der Waals surface area contributed by atoms with Crippen molar-refractivity contribution in [3.8, 4) is 0 Å². The van der Waals surface area contributed by atoms with Crippen LogP contribution in [0, 0.1) is 17.6 Å². The number of benzene rings is 1. The molecule has 1 atom stereocenters. The van der Waals surface area contributed by atoms with Crippen molar-refractivity contribution in [3.05, 3.63) is 29.3 Å². The lowest BCUT2D eigenvalue weighted by Gasteiger charge is -2.30. The zero-order valence-electron chi connectivity index (χ0n) is 11.0. The van der Waals surface area contributed by atoms with Crippen LogP contribution < -0.4 is 10.6 Å². The van der Waals surface area contributed by atoms with Crippen molar-refractivity contribution < 1.29 is 8.78 Å². The molecule has 5 heteroatoms. The SMILES string of the molecule is CC(C)C(C)N(C)c1ccc(C(N)=S)c(F)c1F. The average Bonchev–Trinajstić information content (AvgIpc) is 2.30. The van der Waals surface area contributed by atoms with Crippen molar-refractivity contribution in [1.29, 1.82) is 0 Å². The molecular formula is C13H18F2N2S. The summed E-state index contributed by atoms with van der Waals surface area (Å²) in [5, 5.41) is 0. The van der Waals surface area contributed by atoms with Crippen LogP contribution in [0.2, 0.25) is 0 Å². The summed E-state index contributed by atoms with van der Waals surface area (Å²) >= 11 is 4.67. The summed E-state index contributed by atoms with van der Waals surface area (Å²) in [7, 11) is 1.74. The molecule has 0 bridgehead atoms. The number of nitrogens with two attached hydrogens (primary N) is 1.